The van der Waals surface area contributed by atoms with Crippen molar-refractivity contribution in [2.45, 2.75) is 13.0 Å². The third kappa shape index (κ3) is 2.09. The molecule has 0 saturated carbocycles. The van der Waals surface area contributed by atoms with Gasteiger partial charge in [-0.3, -0.25) is 4.79 Å². The largest absolute Gasteiger partial charge is 0.378 e. The second-order valence-corrected chi connectivity index (χ2v) is 4.60. The number of aliphatic hydroxyl groups excluding tert-OH is 1. The molecule has 0 aromatic heterocycles. The zero-order chi connectivity index (χ0) is 13.4. The average Bonchev–Trinajstić information content (AvgIpc) is 2.53. The number of hydrogen-bond acceptors (Lipinski definition) is 3. The number of nitrogens with one attached hydrogen (secondary N) is 1. The van der Waals surface area contributed by atoms with E-state index in [0.717, 1.165) is 5.57 Å². The van der Waals surface area contributed by atoms with Crippen molar-refractivity contribution in [3.05, 3.63) is 35.7 Å². The van der Waals surface area contributed by atoms with Crippen molar-refractivity contribution in [1.82, 2.24) is 0 Å². The number of rotatable bonds is 3. The van der Waals surface area contributed by atoms with Crippen LogP contribution in [0.1, 0.15) is 18.6 Å². The van der Waals surface area contributed by atoms with Gasteiger partial charge in [-0.05, 0) is 19.1 Å². The summed E-state index contributed by atoms with van der Waals surface area (Å²) in [7, 11) is 1.74. The number of anilines is 2. The molecule has 0 spiro atoms. The first-order valence-corrected chi connectivity index (χ1v) is 5.58. The summed E-state index contributed by atoms with van der Waals surface area (Å²) in [4.78, 5) is 13.0. The van der Waals surface area contributed by atoms with Crippen molar-refractivity contribution in [3.63, 3.8) is 0 Å². The van der Waals surface area contributed by atoms with Crippen LogP contribution in [-0.2, 0) is 4.79 Å². The Morgan fingerprint density at radius 1 is 1.61 bits per heavy atom. The first kappa shape index (κ1) is 12.6. The maximum Gasteiger partial charge on any atom is 0.257 e. The van der Waals surface area contributed by atoms with E-state index >= 15 is 0 Å². The lowest BCUT2D eigenvalue weighted by Crippen LogP contribution is -2.20. The smallest absolute Gasteiger partial charge is 0.257 e. The van der Waals surface area contributed by atoms with Gasteiger partial charge in [0.2, 0.25) is 0 Å². The fraction of sp³-hybridized carbons (Fsp3) is 0.308. The Morgan fingerprint density at radius 2 is 2.28 bits per heavy atom. The molecule has 5 heteroatoms. The van der Waals surface area contributed by atoms with Gasteiger partial charge in [-0.25, -0.2) is 4.39 Å². The van der Waals surface area contributed by atoms with E-state index in [2.05, 4.69) is 11.9 Å². The zero-order valence-corrected chi connectivity index (χ0v) is 10.3. The van der Waals surface area contributed by atoms with E-state index in [4.69, 9.17) is 0 Å². The molecule has 1 aromatic carbocycles. The number of amides is 1. The molecule has 18 heavy (non-hydrogen) atoms. The van der Waals surface area contributed by atoms with Crippen molar-refractivity contribution in [3.8, 4) is 0 Å². The summed E-state index contributed by atoms with van der Waals surface area (Å²) in [5, 5.41) is 12.1. The molecule has 1 unspecified atom stereocenters. The summed E-state index contributed by atoms with van der Waals surface area (Å²) in [6, 6.07) is 2.73. The Kier molecular flexibility index (Phi) is 3.09. The van der Waals surface area contributed by atoms with E-state index < -0.39 is 17.8 Å². The topological polar surface area (TPSA) is 52.6 Å². The molecule has 1 atom stereocenters. The zero-order valence-electron chi connectivity index (χ0n) is 10.3. The first-order chi connectivity index (χ1) is 8.40. The molecule has 4 nitrogen and oxygen atoms in total. The Morgan fingerprint density at radius 3 is 2.89 bits per heavy atom. The van der Waals surface area contributed by atoms with Gasteiger partial charge in [0, 0.05) is 24.8 Å². The quantitative estimate of drug-likeness (QED) is 0.805. The molecule has 0 saturated heterocycles. The second-order valence-electron chi connectivity index (χ2n) is 4.60. The van der Waals surface area contributed by atoms with E-state index in [9.17, 15) is 14.3 Å². The van der Waals surface area contributed by atoms with E-state index in [-0.39, 0.29) is 5.56 Å². The molecule has 2 N–H and O–H groups in total. The van der Waals surface area contributed by atoms with Crippen molar-refractivity contribution >= 4 is 17.3 Å². The number of likely N-dealkylation sites (N-methyl/N-ethyl adjacent to an activating group) is 1. The second kappa shape index (κ2) is 4.42. The minimum absolute atomic E-state index is 0.282. The Bertz CT molecular complexity index is 528. The fourth-order valence-electron chi connectivity index (χ4n) is 2.04. The molecule has 1 heterocycles. The number of carbonyl (C=O) groups excluding carboxylic acids is 1. The number of nitrogens with zero attached hydrogens (tertiary/aromatic N) is 1. The minimum Gasteiger partial charge on any atom is -0.378 e. The highest BCUT2D eigenvalue weighted by atomic mass is 19.1. The summed E-state index contributed by atoms with van der Waals surface area (Å²) >= 11 is 0. The Hall–Kier alpha value is -1.88. The van der Waals surface area contributed by atoms with Crippen LogP contribution in [0.2, 0.25) is 0 Å². The number of fused-ring (bicyclic) bond motifs is 1. The van der Waals surface area contributed by atoms with Gasteiger partial charge < -0.3 is 15.3 Å². The van der Waals surface area contributed by atoms with Gasteiger partial charge >= 0.3 is 0 Å². The molecule has 0 fully saturated rings. The molecule has 96 valence electrons. The van der Waals surface area contributed by atoms with Gasteiger partial charge in [-0.15, -0.1) is 0 Å². The van der Waals surface area contributed by atoms with Gasteiger partial charge in [-0.2, -0.15) is 0 Å². The molecular formula is C13H15FN2O2. The summed E-state index contributed by atoms with van der Waals surface area (Å²) in [6.07, 6.45) is -1.28. The average molecular weight is 250 g/mol. The predicted octanol–water partition coefficient (Wildman–Crippen LogP) is 1.82. The monoisotopic (exact) mass is 250 g/mol. The molecule has 1 aliphatic heterocycles. The Labute approximate surface area is 105 Å². The molecule has 1 amide bonds. The van der Waals surface area contributed by atoms with Crippen molar-refractivity contribution in [2.75, 3.05) is 23.8 Å². The summed E-state index contributed by atoms with van der Waals surface area (Å²) in [5.41, 5.74) is 2.01. The summed E-state index contributed by atoms with van der Waals surface area (Å²) in [6.45, 7) is 6.15. The van der Waals surface area contributed by atoms with Gasteiger partial charge in [-0.1, -0.05) is 12.2 Å². The molecule has 0 bridgehead atoms. The van der Waals surface area contributed by atoms with E-state index in [1.165, 1.54) is 12.1 Å². The van der Waals surface area contributed by atoms with Crippen LogP contribution in [0.4, 0.5) is 15.8 Å². The van der Waals surface area contributed by atoms with Crippen molar-refractivity contribution in [1.29, 1.82) is 0 Å². The highest BCUT2D eigenvalue weighted by molar-refractivity contribution is 6.02. The van der Waals surface area contributed by atoms with E-state index in [0.29, 0.717) is 17.9 Å². The Balaban J connectivity index is 2.38. The van der Waals surface area contributed by atoms with Crippen LogP contribution in [-0.4, -0.2) is 24.6 Å². The van der Waals surface area contributed by atoms with Gasteiger partial charge in [0.1, 0.15) is 5.82 Å². The predicted molar refractivity (Wildman–Crippen MR) is 68.1 cm³/mol. The van der Waals surface area contributed by atoms with Gasteiger partial charge in [0.05, 0.1) is 5.69 Å². The van der Waals surface area contributed by atoms with Crippen LogP contribution >= 0.6 is 0 Å². The number of halogens is 1. The highest BCUT2D eigenvalue weighted by Crippen LogP contribution is 2.35. The van der Waals surface area contributed by atoms with Crippen LogP contribution in [0.15, 0.2) is 24.3 Å². The van der Waals surface area contributed by atoms with Crippen molar-refractivity contribution in [2.24, 2.45) is 0 Å². The van der Waals surface area contributed by atoms with Crippen LogP contribution in [0.25, 0.3) is 0 Å². The third-order valence-corrected chi connectivity index (χ3v) is 2.84. The number of hydrogen-bond donors (Lipinski definition) is 2. The van der Waals surface area contributed by atoms with Crippen LogP contribution < -0.4 is 10.2 Å². The molecule has 1 aliphatic rings. The molecule has 0 radical (unpaired) electrons. The van der Waals surface area contributed by atoms with Gasteiger partial charge in [0.25, 0.3) is 5.91 Å². The number of aliphatic hydroxyl groups is 1. The molecule has 2 rings (SSSR count). The van der Waals surface area contributed by atoms with Gasteiger partial charge in [0.15, 0.2) is 6.10 Å². The standard InChI is InChI=1S/C13H15FN2O2/c1-7(2)6-16(3)11-5-10-8(4-9(11)14)12(17)13(18)15-10/h4-5,12,17H,1,6H2,2-3H3,(H,15,18). The van der Waals surface area contributed by atoms with Crippen LogP contribution in [0.3, 0.4) is 0 Å². The maximum atomic E-state index is 13.9. The summed E-state index contributed by atoms with van der Waals surface area (Å²) < 4.78 is 13.9. The lowest BCUT2D eigenvalue weighted by atomic mass is 10.1. The van der Waals surface area contributed by atoms with E-state index in [1.54, 1.807) is 11.9 Å². The normalized spacial score (nSPS) is 17.3. The van der Waals surface area contributed by atoms with Crippen LogP contribution in [0.5, 0.6) is 0 Å². The van der Waals surface area contributed by atoms with E-state index in [1.807, 2.05) is 6.92 Å². The number of benzene rings is 1. The highest BCUT2D eigenvalue weighted by Gasteiger charge is 2.30. The molecule has 1 aromatic rings. The van der Waals surface area contributed by atoms with Crippen molar-refractivity contribution < 1.29 is 14.3 Å². The number of carbonyl (C=O) groups is 1. The lowest BCUT2D eigenvalue weighted by Gasteiger charge is -2.20. The fourth-order valence-corrected chi connectivity index (χ4v) is 2.04. The third-order valence-electron chi connectivity index (χ3n) is 2.84. The summed E-state index contributed by atoms with van der Waals surface area (Å²) in [5.74, 6) is -0.989. The lowest BCUT2D eigenvalue weighted by molar-refractivity contribution is -0.123. The van der Waals surface area contributed by atoms with Crippen LogP contribution in [0, 0.1) is 5.82 Å². The first-order valence-electron chi connectivity index (χ1n) is 5.58. The SMILES string of the molecule is C=C(C)CN(C)c1cc2c(cc1F)C(O)C(=O)N2. The minimum atomic E-state index is -1.28. The molecular weight excluding hydrogens is 235 g/mol. The molecule has 0 aliphatic carbocycles. The maximum absolute atomic E-state index is 13.9.